The smallest absolute Gasteiger partial charge is 0.306 e. The molecule has 0 spiro atoms. The average Bonchev–Trinajstić information content (AvgIpc) is 3.37. The van der Waals surface area contributed by atoms with Gasteiger partial charge < -0.3 is 14.2 Å². The van der Waals surface area contributed by atoms with Crippen LogP contribution in [0.3, 0.4) is 0 Å². The van der Waals surface area contributed by atoms with Crippen LogP contribution in [0.15, 0.2) is 146 Å². The van der Waals surface area contributed by atoms with Gasteiger partial charge in [-0.15, -0.1) is 0 Å². The van der Waals surface area contributed by atoms with Gasteiger partial charge in [0.2, 0.25) is 0 Å². The van der Waals surface area contributed by atoms with Crippen LogP contribution in [-0.2, 0) is 28.6 Å². The molecule has 0 unspecified atom stereocenters. The van der Waals surface area contributed by atoms with Crippen LogP contribution in [0.4, 0.5) is 0 Å². The molecule has 0 radical (unpaired) electrons. The SMILES string of the molecule is CC/C=C\C/C=C\C/C=C\C/C=C\C/C=C\C/C=C\CCC(=O)OC[C@H](COC(=O)CCCCCC/C=C\C/C=C\C/C=C\CCCCC)OC(=O)CCC/C=C\C/C=C\C/C=C\CCCCCCCC. The van der Waals surface area contributed by atoms with Crippen LogP contribution in [0.25, 0.3) is 0 Å². The van der Waals surface area contributed by atoms with Crippen LogP contribution < -0.4 is 0 Å². The molecule has 0 saturated heterocycles. The minimum absolute atomic E-state index is 0.139. The third-order valence-electron chi connectivity index (χ3n) is 11.3. The molecule has 0 fully saturated rings. The summed E-state index contributed by atoms with van der Waals surface area (Å²) in [5.74, 6) is -1.11. The van der Waals surface area contributed by atoms with Crippen LogP contribution in [0.2, 0.25) is 0 Å². The Balaban J connectivity index is 4.65. The van der Waals surface area contributed by atoms with Crippen LogP contribution in [0.1, 0.15) is 226 Å². The number of carbonyl (C=O) groups excluding carboxylic acids is 3. The molecule has 0 bridgehead atoms. The summed E-state index contributed by atoms with van der Waals surface area (Å²) in [4.78, 5) is 38.1. The Morgan fingerprint density at radius 3 is 1.01 bits per heavy atom. The van der Waals surface area contributed by atoms with E-state index in [-0.39, 0.29) is 38.0 Å². The molecule has 0 N–H and O–H groups in total. The van der Waals surface area contributed by atoms with E-state index in [2.05, 4.69) is 154 Å². The first-order valence-electron chi connectivity index (χ1n) is 28.3. The van der Waals surface area contributed by atoms with Gasteiger partial charge in [-0.3, -0.25) is 14.4 Å². The number of rotatable bonds is 49. The Morgan fingerprint density at radius 1 is 0.296 bits per heavy atom. The molecule has 0 saturated carbocycles. The molecule has 6 nitrogen and oxygen atoms in total. The van der Waals surface area contributed by atoms with Crippen molar-refractivity contribution in [3.8, 4) is 0 Å². The zero-order chi connectivity index (χ0) is 51.4. The summed E-state index contributed by atoms with van der Waals surface area (Å²) in [6, 6.07) is 0. The van der Waals surface area contributed by atoms with Crippen molar-refractivity contribution in [2.24, 2.45) is 0 Å². The van der Waals surface area contributed by atoms with E-state index in [0.29, 0.717) is 19.3 Å². The maximum absolute atomic E-state index is 12.8. The molecule has 0 aliphatic rings. The second-order valence-electron chi connectivity index (χ2n) is 18.1. The summed E-state index contributed by atoms with van der Waals surface area (Å²) in [6.45, 7) is 6.35. The first-order chi connectivity index (χ1) is 35.0. The fourth-order valence-corrected chi connectivity index (χ4v) is 7.08. The van der Waals surface area contributed by atoms with E-state index >= 15 is 0 Å². The molecule has 0 heterocycles. The molecule has 0 aliphatic heterocycles. The predicted molar refractivity (Wildman–Crippen MR) is 306 cm³/mol. The standard InChI is InChI=1S/C65H102O6/c1-4-7-10-13-16-19-22-25-28-31-32-35-37-40-43-46-49-52-55-58-64(67)70-61-62(71-65(68)59-56-53-50-47-44-41-38-34-30-27-24-21-18-15-12-9-6-3)60-69-63(66)57-54-51-48-45-42-39-36-33-29-26-23-20-17-14-11-8-5-2/h7,10,16-17,19-20,25-30,32,35-36,38-41,43,47,49-50,52,62H,4-6,8-9,11-15,18,21-24,31,33-34,37,42,44-46,48,51,53-61H2,1-3H3/b10-7-,19-16-,20-17-,28-25-,29-26-,30-27-,35-32-,39-36-,41-38-,43-40-,50-47-,52-49-/t62-/m0/s1. The fraction of sp³-hybridized carbons (Fsp3) is 0.585. The highest BCUT2D eigenvalue weighted by Gasteiger charge is 2.19. The summed E-state index contributed by atoms with van der Waals surface area (Å²) < 4.78 is 16.7. The second kappa shape index (κ2) is 57.9. The predicted octanol–water partition coefficient (Wildman–Crippen LogP) is 19.2. The quantitative estimate of drug-likeness (QED) is 0.0262. The number of carbonyl (C=O) groups is 3. The number of unbranched alkanes of at least 4 members (excludes halogenated alkanes) is 14. The molecule has 0 aromatic carbocycles. The summed E-state index contributed by atoms with van der Waals surface area (Å²) in [6.07, 6.45) is 82.8. The van der Waals surface area contributed by atoms with Gasteiger partial charge in [0, 0.05) is 19.3 Å². The minimum atomic E-state index is -0.851. The van der Waals surface area contributed by atoms with Crippen molar-refractivity contribution in [1.29, 1.82) is 0 Å². The van der Waals surface area contributed by atoms with Gasteiger partial charge in [0.25, 0.3) is 0 Å². The van der Waals surface area contributed by atoms with E-state index in [1.165, 1.54) is 70.6 Å². The van der Waals surface area contributed by atoms with Crippen LogP contribution >= 0.6 is 0 Å². The maximum Gasteiger partial charge on any atom is 0.306 e. The highest BCUT2D eigenvalue weighted by molar-refractivity contribution is 5.71. The Hall–Kier alpha value is -4.71. The van der Waals surface area contributed by atoms with Gasteiger partial charge in [0.05, 0.1) is 0 Å². The number of hydrogen-bond acceptors (Lipinski definition) is 6. The molecule has 0 amide bonds. The van der Waals surface area contributed by atoms with E-state index in [1.807, 2.05) is 12.2 Å². The lowest BCUT2D eigenvalue weighted by atomic mass is 10.1. The molecule has 6 heteroatoms. The Morgan fingerprint density at radius 2 is 0.592 bits per heavy atom. The van der Waals surface area contributed by atoms with Gasteiger partial charge >= 0.3 is 17.9 Å². The molecule has 0 aromatic heterocycles. The van der Waals surface area contributed by atoms with Crippen molar-refractivity contribution in [2.45, 2.75) is 232 Å². The van der Waals surface area contributed by atoms with E-state index in [0.717, 1.165) is 103 Å². The van der Waals surface area contributed by atoms with Gasteiger partial charge in [-0.25, -0.2) is 0 Å². The van der Waals surface area contributed by atoms with E-state index in [9.17, 15) is 14.4 Å². The van der Waals surface area contributed by atoms with E-state index in [4.69, 9.17) is 14.2 Å². The van der Waals surface area contributed by atoms with Gasteiger partial charge in [0.1, 0.15) is 13.2 Å². The Kier molecular flexibility index (Phi) is 54.0. The van der Waals surface area contributed by atoms with Gasteiger partial charge in [-0.2, -0.15) is 0 Å². The molecule has 71 heavy (non-hydrogen) atoms. The van der Waals surface area contributed by atoms with Gasteiger partial charge in [-0.05, 0) is 128 Å². The number of hydrogen-bond donors (Lipinski definition) is 0. The monoisotopic (exact) mass is 979 g/mol. The van der Waals surface area contributed by atoms with Crippen molar-refractivity contribution >= 4 is 17.9 Å². The van der Waals surface area contributed by atoms with Crippen LogP contribution in [-0.4, -0.2) is 37.2 Å². The molecule has 1 atom stereocenters. The largest absolute Gasteiger partial charge is 0.462 e. The van der Waals surface area contributed by atoms with Gasteiger partial charge in [0.15, 0.2) is 6.10 Å². The Bertz CT molecular complexity index is 1590. The lowest BCUT2D eigenvalue weighted by Gasteiger charge is -2.18. The van der Waals surface area contributed by atoms with Crippen molar-refractivity contribution in [2.75, 3.05) is 13.2 Å². The van der Waals surface area contributed by atoms with Gasteiger partial charge in [-0.1, -0.05) is 224 Å². The maximum atomic E-state index is 12.8. The second-order valence-corrected chi connectivity index (χ2v) is 18.1. The topological polar surface area (TPSA) is 78.9 Å². The normalized spacial score (nSPS) is 13.2. The molecule has 0 aliphatic carbocycles. The Labute approximate surface area is 436 Å². The van der Waals surface area contributed by atoms with Crippen molar-refractivity contribution in [3.63, 3.8) is 0 Å². The van der Waals surface area contributed by atoms with Crippen LogP contribution in [0, 0.1) is 0 Å². The summed E-state index contributed by atoms with van der Waals surface area (Å²) in [5.41, 5.74) is 0. The summed E-state index contributed by atoms with van der Waals surface area (Å²) in [5, 5.41) is 0. The first kappa shape index (κ1) is 66.3. The fourth-order valence-electron chi connectivity index (χ4n) is 7.08. The number of ether oxygens (including phenoxy) is 3. The molecular weight excluding hydrogens is 877 g/mol. The zero-order valence-corrected chi connectivity index (χ0v) is 45.4. The lowest BCUT2D eigenvalue weighted by Crippen LogP contribution is -2.30. The van der Waals surface area contributed by atoms with Crippen molar-refractivity contribution < 1.29 is 28.6 Å². The minimum Gasteiger partial charge on any atom is -0.462 e. The highest BCUT2D eigenvalue weighted by Crippen LogP contribution is 2.11. The summed E-state index contributed by atoms with van der Waals surface area (Å²) >= 11 is 0. The molecule has 0 rings (SSSR count). The molecule has 0 aromatic rings. The highest BCUT2D eigenvalue weighted by atomic mass is 16.6. The van der Waals surface area contributed by atoms with E-state index in [1.54, 1.807) is 0 Å². The van der Waals surface area contributed by atoms with Crippen LogP contribution in [0.5, 0.6) is 0 Å². The third kappa shape index (κ3) is 56.1. The average molecular weight is 980 g/mol. The third-order valence-corrected chi connectivity index (χ3v) is 11.3. The molecular formula is C65H102O6. The van der Waals surface area contributed by atoms with Crippen molar-refractivity contribution in [1.82, 2.24) is 0 Å². The number of esters is 3. The van der Waals surface area contributed by atoms with E-state index < -0.39 is 12.1 Å². The number of allylic oxidation sites excluding steroid dienone is 24. The lowest BCUT2D eigenvalue weighted by molar-refractivity contribution is -0.166. The zero-order valence-electron chi connectivity index (χ0n) is 45.4. The molecule has 398 valence electrons. The first-order valence-corrected chi connectivity index (χ1v) is 28.3. The summed E-state index contributed by atoms with van der Waals surface area (Å²) in [7, 11) is 0. The van der Waals surface area contributed by atoms with Crippen molar-refractivity contribution in [3.05, 3.63) is 146 Å².